The van der Waals surface area contributed by atoms with Gasteiger partial charge < -0.3 is 19.7 Å². The molecule has 8 heteroatoms. The number of allylic oxidation sites excluding steroid dienone is 2. The van der Waals surface area contributed by atoms with Gasteiger partial charge in [0.05, 0.1) is 13.2 Å². The number of ether oxygens (including phenoxy) is 2. The van der Waals surface area contributed by atoms with Crippen molar-refractivity contribution in [3.8, 4) is 0 Å². The number of hydrogen-bond acceptors (Lipinski definition) is 6. The first kappa shape index (κ1) is 81.4. The average Bonchev–Trinajstić information content (AvgIpc) is 3.46. The van der Waals surface area contributed by atoms with Crippen LogP contribution in [0.5, 0.6) is 0 Å². The van der Waals surface area contributed by atoms with E-state index in [0.29, 0.717) is 37.9 Å². The molecule has 0 saturated carbocycles. The lowest BCUT2D eigenvalue weighted by Gasteiger charge is -2.14. The molecule has 2 atom stereocenters. The fraction of sp³-hybridized carbons (Fsp3) is 0.892. The number of hydrogen-bond donors (Lipinski definition) is 2. The van der Waals surface area contributed by atoms with Gasteiger partial charge >= 0.3 is 23.9 Å². The molecular formula is C74H140O8. The Balaban J connectivity index is 0. The van der Waals surface area contributed by atoms with Gasteiger partial charge in [0.25, 0.3) is 0 Å². The molecule has 0 aromatic rings. The van der Waals surface area contributed by atoms with Gasteiger partial charge in [-0.2, -0.15) is 0 Å². The zero-order valence-corrected chi connectivity index (χ0v) is 55.2. The van der Waals surface area contributed by atoms with Crippen molar-refractivity contribution in [1.29, 1.82) is 0 Å². The van der Waals surface area contributed by atoms with Gasteiger partial charge in [-0.15, -0.1) is 0 Å². The minimum absolute atomic E-state index is 0.0283. The average molecular weight is 1160 g/mol. The van der Waals surface area contributed by atoms with E-state index in [9.17, 15) is 19.2 Å². The number of aliphatic carboxylic acids is 2. The zero-order valence-electron chi connectivity index (χ0n) is 55.2. The lowest BCUT2D eigenvalue weighted by atomic mass is 9.99. The molecule has 0 heterocycles. The van der Waals surface area contributed by atoms with Crippen LogP contribution in [0, 0.1) is 11.8 Å². The van der Waals surface area contributed by atoms with E-state index < -0.39 is 11.9 Å². The number of carboxylic acid groups (broad SMARTS) is 2. The molecule has 484 valence electrons. The van der Waals surface area contributed by atoms with E-state index in [1.54, 1.807) is 0 Å². The Morgan fingerprint density at radius 2 is 0.488 bits per heavy atom. The maximum absolute atomic E-state index is 12.4. The topological polar surface area (TPSA) is 127 Å². The maximum atomic E-state index is 12.4. The van der Waals surface area contributed by atoms with Crippen molar-refractivity contribution in [3.05, 3.63) is 24.3 Å². The first-order valence-corrected chi connectivity index (χ1v) is 36.3. The Labute approximate surface area is 509 Å². The highest BCUT2D eigenvalue weighted by atomic mass is 16.5. The summed E-state index contributed by atoms with van der Waals surface area (Å²) in [6, 6.07) is 0. The number of esters is 2. The molecule has 8 nitrogen and oxygen atoms in total. The third-order valence-corrected chi connectivity index (χ3v) is 16.6. The van der Waals surface area contributed by atoms with Crippen LogP contribution in [0.4, 0.5) is 0 Å². The van der Waals surface area contributed by atoms with Crippen LogP contribution in [0.15, 0.2) is 24.3 Å². The molecule has 2 N–H and O–H groups in total. The second-order valence-corrected chi connectivity index (χ2v) is 24.9. The van der Waals surface area contributed by atoms with Crippen LogP contribution < -0.4 is 0 Å². The van der Waals surface area contributed by atoms with Crippen molar-refractivity contribution in [2.75, 3.05) is 13.2 Å². The van der Waals surface area contributed by atoms with Gasteiger partial charge in [-0.1, -0.05) is 335 Å². The second-order valence-electron chi connectivity index (χ2n) is 24.9. The van der Waals surface area contributed by atoms with E-state index in [-0.39, 0.29) is 24.8 Å². The second kappa shape index (κ2) is 70.8. The molecule has 0 rings (SSSR count). The number of carbonyl (C=O) groups excluding carboxylic acids is 2. The summed E-state index contributed by atoms with van der Waals surface area (Å²) in [6.45, 7) is 10.1. The standard InChI is InChI=1S/2C37H70O4/c1-3-5-7-9-11-12-13-14-15-16-17-18-19-25-29-33-37(40)41-34-35(30-26-22-10-8-6-4-2)31-27-23-20-21-24-28-32-36(38)39;1-3-5-7-9-11-12-13-14-15-16-17-18-20-25-29-33-37(40)41-34-35(30-26-22-19-10-8-6-4-2)31-27-23-21-24-28-32-36(38)39/h27,31,35H,3-26,28-30,32-34H2,1-2H3,(H,38,39);26,30,35H,3-25,27-29,31-34H2,1-2H3,(H,38,39)/b31-27+;30-26+. The van der Waals surface area contributed by atoms with Crippen molar-refractivity contribution in [3.63, 3.8) is 0 Å². The first-order chi connectivity index (χ1) is 40.2. The number of carboxylic acids is 2. The normalized spacial score (nSPS) is 12.2. The summed E-state index contributed by atoms with van der Waals surface area (Å²) in [5.41, 5.74) is 0. The summed E-state index contributed by atoms with van der Waals surface area (Å²) in [4.78, 5) is 46.0. The molecule has 0 aliphatic rings. The Hall–Kier alpha value is -2.64. The molecule has 0 aromatic carbocycles. The molecule has 0 aromatic heterocycles. The molecule has 0 saturated heterocycles. The molecule has 0 radical (unpaired) electrons. The molecule has 0 aliphatic carbocycles. The molecule has 0 bridgehead atoms. The lowest BCUT2D eigenvalue weighted by molar-refractivity contribution is -0.145. The van der Waals surface area contributed by atoms with Crippen LogP contribution in [0.3, 0.4) is 0 Å². The minimum Gasteiger partial charge on any atom is -0.481 e. The van der Waals surface area contributed by atoms with Crippen LogP contribution in [-0.4, -0.2) is 47.3 Å². The summed E-state index contributed by atoms with van der Waals surface area (Å²) >= 11 is 0. The lowest BCUT2D eigenvalue weighted by Crippen LogP contribution is -2.13. The quantitative estimate of drug-likeness (QED) is 0.0350. The van der Waals surface area contributed by atoms with Gasteiger partial charge in [-0.3, -0.25) is 19.2 Å². The van der Waals surface area contributed by atoms with E-state index in [0.717, 1.165) is 109 Å². The summed E-state index contributed by atoms with van der Waals surface area (Å²) in [5, 5.41) is 17.5. The van der Waals surface area contributed by atoms with Crippen LogP contribution >= 0.6 is 0 Å². The van der Waals surface area contributed by atoms with Crippen molar-refractivity contribution in [2.24, 2.45) is 11.8 Å². The Bertz CT molecular complexity index is 1370. The molecule has 0 fully saturated rings. The maximum Gasteiger partial charge on any atom is 0.305 e. The van der Waals surface area contributed by atoms with Crippen molar-refractivity contribution in [1.82, 2.24) is 0 Å². The van der Waals surface area contributed by atoms with Crippen LogP contribution in [0.1, 0.15) is 400 Å². The molecule has 0 aliphatic heterocycles. The van der Waals surface area contributed by atoms with Gasteiger partial charge in [0.1, 0.15) is 0 Å². The van der Waals surface area contributed by atoms with Crippen molar-refractivity contribution < 1.29 is 38.9 Å². The molecule has 0 amide bonds. The van der Waals surface area contributed by atoms with E-state index >= 15 is 0 Å². The third-order valence-electron chi connectivity index (χ3n) is 16.6. The number of rotatable bonds is 66. The van der Waals surface area contributed by atoms with Crippen LogP contribution in [0.2, 0.25) is 0 Å². The summed E-state index contributed by atoms with van der Waals surface area (Å²) in [7, 11) is 0. The molecule has 2 unspecified atom stereocenters. The monoisotopic (exact) mass is 1160 g/mol. The predicted octanol–water partition coefficient (Wildman–Crippen LogP) is 24.3. The summed E-state index contributed by atoms with van der Waals surface area (Å²) < 4.78 is 11.4. The van der Waals surface area contributed by atoms with Gasteiger partial charge in [0, 0.05) is 37.5 Å². The Kier molecular flexibility index (Phi) is 70.3. The van der Waals surface area contributed by atoms with E-state index in [1.807, 2.05) is 0 Å². The molecular weight excluding hydrogens is 1020 g/mol. The van der Waals surface area contributed by atoms with E-state index in [4.69, 9.17) is 19.7 Å². The Morgan fingerprint density at radius 1 is 0.280 bits per heavy atom. The van der Waals surface area contributed by atoms with Gasteiger partial charge in [-0.25, -0.2) is 0 Å². The van der Waals surface area contributed by atoms with E-state index in [2.05, 4.69) is 52.0 Å². The fourth-order valence-corrected chi connectivity index (χ4v) is 11.0. The zero-order chi connectivity index (χ0) is 60.1. The highest BCUT2D eigenvalue weighted by molar-refractivity contribution is 5.69. The first-order valence-electron chi connectivity index (χ1n) is 36.3. The van der Waals surface area contributed by atoms with Gasteiger partial charge in [-0.05, 0) is 64.2 Å². The van der Waals surface area contributed by atoms with Crippen LogP contribution in [-0.2, 0) is 28.7 Å². The summed E-state index contributed by atoms with van der Waals surface area (Å²) in [6.07, 6.45) is 78.2. The predicted molar refractivity (Wildman–Crippen MR) is 353 cm³/mol. The molecule has 82 heavy (non-hydrogen) atoms. The SMILES string of the molecule is CCCCCCC/C=C/C(CCCCCCCC(=O)O)COC(=O)CCCCCCCCCCCCCCCCC.CCCCCCCCCCCCCCCCCC(=O)OCC(/C=C/CCCCCCC(=O)O)CCCCCCCC. The Morgan fingerprint density at radius 3 is 0.732 bits per heavy atom. The van der Waals surface area contributed by atoms with Crippen molar-refractivity contribution >= 4 is 23.9 Å². The number of unbranched alkanes of at least 4 members (excludes halogenated alkanes) is 46. The largest absolute Gasteiger partial charge is 0.481 e. The smallest absolute Gasteiger partial charge is 0.305 e. The highest BCUT2D eigenvalue weighted by Gasteiger charge is 2.12. The van der Waals surface area contributed by atoms with Gasteiger partial charge in [0.15, 0.2) is 0 Å². The fourth-order valence-electron chi connectivity index (χ4n) is 11.0. The van der Waals surface area contributed by atoms with E-state index in [1.165, 1.54) is 238 Å². The number of carbonyl (C=O) groups is 4. The van der Waals surface area contributed by atoms with Gasteiger partial charge in [0.2, 0.25) is 0 Å². The minimum atomic E-state index is -0.698. The summed E-state index contributed by atoms with van der Waals surface area (Å²) in [5.74, 6) is -0.841. The van der Waals surface area contributed by atoms with Crippen molar-refractivity contribution in [2.45, 2.75) is 400 Å². The molecule has 0 spiro atoms. The highest BCUT2D eigenvalue weighted by Crippen LogP contribution is 2.20. The van der Waals surface area contributed by atoms with Crippen LogP contribution in [0.25, 0.3) is 0 Å². The third kappa shape index (κ3) is 71.6.